The van der Waals surface area contributed by atoms with E-state index in [-0.39, 0.29) is 16.4 Å². The standard InChI is InChI=1S/C19H16N4O6S/c1-21(2)19(27)30-14-9-4-3-7-12(14)20-15(24)10-22-17(25)11-6-5-8-13(23(28)29)16(11)18(22)26/h3-9H,10H2,1-2H3,(H,20,24). The van der Waals surface area contributed by atoms with Crippen molar-refractivity contribution in [1.29, 1.82) is 0 Å². The van der Waals surface area contributed by atoms with Crippen LogP contribution in [0.25, 0.3) is 0 Å². The number of nitro benzene ring substituents is 1. The van der Waals surface area contributed by atoms with E-state index in [2.05, 4.69) is 5.32 Å². The molecular weight excluding hydrogens is 412 g/mol. The van der Waals surface area contributed by atoms with Crippen molar-refractivity contribution in [3.05, 3.63) is 63.7 Å². The molecule has 30 heavy (non-hydrogen) atoms. The number of hydrogen-bond acceptors (Lipinski definition) is 7. The lowest BCUT2D eigenvalue weighted by Gasteiger charge is -2.16. The molecule has 2 aromatic carbocycles. The Kier molecular flexibility index (Phi) is 5.83. The van der Waals surface area contributed by atoms with Gasteiger partial charge >= 0.3 is 0 Å². The number of nitrogens with one attached hydrogen (secondary N) is 1. The number of amides is 4. The van der Waals surface area contributed by atoms with Crippen LogP contribution in [0.2, 0.25) is 0 Å². The summed E-state index contributed by atoms with van der Waals surface area (Å²) in [5.74, 6) is -2.36. The molecule has 0 bridgehead atoms. The number of nitro groups is 1. The van der Waals surface area contributed by atoms with Gasteiger partial charge in [0.15, 0.2) is 0 Å². The van der Waals surface area contributed by atoms with Crippen LogP contribution in [0.15, 0.2) is 47.4 Å². The molecule has 0 fully saturated rings. The van der Waals surface area contributed by atoms with Gasteiger partial charge in [-0.25, -0.2) is 0 Å². The van der Waals surface area contributed by atoms with Gasteiger partial charge in [-0.1, -0.05) is 18.2 Å². The van der Waals surface area contributed by atoms with Crippen LogP contribution < -0.4 is 5.32 Å². The van der Waals surface area contributed by atoms with E-state index < -0.39 is 34.9 Å². The molecule has 1 aliphatic rings. The summed E-state index contributed by atoms with van der Waals surface area (Å²) >= 11 is 0.909. The van der Waals surface area contributed by atoms with Gasteiger partial charge in [0.2, 0.25) is 5.91 Å². The Morgan fingerprint density at radius 2 is 1.80 bits per heavy atom. The van der Waals surface area contributed by atoms with Gasteiger partial charge < -0.3 is 10.2 Å². The third kappa shape index (κ3) is 4.01. The topological polar surface area (TPSA) is 130 Å². The van der Waals surface area contributed by atoms with Crippen LogP contribution in [0.4, 0.5) is 16.2 Å². The van der Waals surface area contributed by atoms with Crippen LogP contribution in [0.3, 0.4) is 0 Å². The van der Waals surface area contributed by atoms with Crippen LogP contribution >= 0.6 is 11.8 Å². The number of carbonyl (C=O) groups is 4. The number of imide groups is 1. The number of fused-ring (bicyclic) bond motifs is 1. The van der Waals surface area contributed by atoms with Crippen molar-refractivity contribution >= 4 is 46.1 Å². The normalized spacial score (nSPS) is 12.5. The van der Waals surface area contributed by atoms with Gasteiger partial charge in [0.05, 0.1) is 16.2 Å². The van der Waals surface area contributed by atoms with Crippen molar-refractivity contribution in [3.8, 4) is 0 Å². The zero-order chi connectivity index (χ0) is 22.0. The number of nitrogens with zero attached hydrogens (tertiary/aromatic N) is 3. The van der Waals surface area contributed by atoms with Crippen molar-refractivity contribution in [2.24, 2.45) is 0 Å². The fourth-order valence-electron chi connectivity index (χ4n) is 2.79. The summed E-state index contributed by atoms with van der Waals surface area (Å²) < 4.78 is 0. The smallest absolute Gasteiger partial charge is 0.286 e. The minimum Gasteiger partial charge on any atom is -0.339 e. The van der Waals surface area contributed by atoms with Gasteiger partial charge in [0.1, 0.15) is 12.1 Å². The number of para-hydroxylation sites is 1. The number of rotatable bonds is 5. The van der Waals surface area contributed by atoms with Crippen LogP contribution in [0, 0.1) is 10.1 Å². The third-order valence-electron chi connectivity index (χ3n) is 4.20. The highest BCUT2D eigenvalue weighted by Crippen LogP contribution is 2.31. The molecule has 0 unspecified atom stereocenters. The first kappa shape index (κ1) is 21.0. The second kappa shape index (κ2) is 8.33. The summed E-state index contributed by atoms with van der Waals surface area (Å²) in [6.07, 6.45) is 0. The summed E-state index contributed by atoms with van der Waals surface area (Å²) in [6.45, 7) is -0.621. The molecule has 0 spiro atoms. The second-order valence-electron chi connectivity index (χ2n) is 6.46. The summed E-state index contributed by atoms with van der Waals surface area (Å²) in [5.41, 5.74) is -0.592. The molecule has 10 nitrogen and oxygen atoms in total. The number of benzene rings is 2. The monoisotopic (exact) mass is 428 g/mol. The van der Waals surface area contributed by atoms with Crippen molar-refractivity contribution in [3.63, 3.8) is 0 Å². The first-order valence-corrected chi connectivity index (χ1v) is 9.44. The molecule has 4 amide bonds. The van der Waals surface area contributed by atoms with E-state index in [0.29, 0.717) is 15.5 Å². The Morgan fingerprint density at radius 3 is 2.47 bits per heavy atom. The van der Waals surface area contributed by atoms with Gasteiger partial charge in [-0.3, -0.25) is 34.2 Å². The highest BCUT2D eigenvalue weighted by atomic mass is 32.2. The molecule has 0 atom stereocenters. The minimum absolute atomic E-state index is 0.116. The molecule has 11 heteroatoms. The lowest BCUT2D eigenvalue weighted by molar-refractivity contribution is -0.385. The molecule has 1 heterocycles. The number of hydrogen-bond donors (Lipinski definition) is 1. The fourth-order valence-corrected chi connectivity index (χ4v) is 3.54. The zero-order valence-corrected chi connectivity index (χ0v) is 16.8. The van der Waals surface area contributed by atoms with Crippen LogP contribution in [-0.4, -0.2) is 58.3 Å². The lowest BCUT2D eigenvalue weighted by Crippen LogP contribution is -2.37. The summed E-state index contributed by atoms with van der Waals surface area (Å²) in [6, 6.07) is 10.3. The summed E-state index contributed by atoms with van der Waals surface area (Å²) in [5, 5.41) is 13.5. The third-order valence-corrected chi connectivity index (χ3v) is 5.31. The number of thioether (sulfide) groups is 1. The van der Waals surface area contributed by atoms with E-state index in [0.717, 1.165) is 17.8 Å². The van der Waals surface area contributed by atoms with Crippen LogP contribution in [-0.2, 0) is 4.79 Å². The van der Waals surface area contributed by atoms with Crippen molar-refractivity contribution < 1.29 is 24.1 Å². The van der Waals surface area contributed by atoms with Crippen molar-refractivity contribution in [2.75, 3.05) is 26.0 Å². The first-order chi connectivity index (χ1) is 14.2. The zero-order valence-electron chi connectivity index (χ0n) is 15.9. The molecule has 154 valence electrons. The van der Waals surface area contributed by atoms with Crippen molar-refractivity contribution in [2.45, 2.75) is 4.90 Å². The Balaban J connectivity index is 1.78. The molecule has 0 aliphatic carbocycles. The second-order valence-corrected chi connectivity index (χ2v) is 7.45. The first-order valence-electron chi connectivity index (χ1n) is 8.62. The SMILES string of the molecule is CN(C)C(=O)Sc1ccccc1NC(=O)CN1C(=O)c2cccc([N+](=O)[O-])c2C1=O. The number of anilines is 1. The largest absolute Gasteiger partial charge is 0.339 e. The van der Waals surface area contributed by atoms with E-state index in [1.165, 1.54) is 17.0 Å². The van der Waals surface area contributed by atoms with E-state index in [1.54, 1.807) is 38.4 Å². The van der Waals surface area contributed by atoms with Crippen LogP contribution in [0.1, 0.15) is 20.7 Å². The molecule has 0 aromatic heterocycles. The average Bonchev–Trinajstić information content (AvgIpc) is 2.94. The lowest BCUT2D eigenvalue weighted by atomic mass is 10.1. The Labute approximate surface area is 175 Å². The van der Waals surface area contributed by atoms with Gasteiger partial charge in [0.25, 0.3) is 22.7 Å². The molecular formula is C19H16N4O6S. The molecule has 3 rings (SSSR count). The predicted octanol–water partition coefficient (Wildman–Crippen LogP) is 2.60. The van der Waals surface area contributed by atoms with Gasteiger partial charge in [-0.2, -0.15) is 0 Å². The Morgan fingerprint density at radius 1 is 1.10 bits per heavy atom. The number of carbonyl (C=O) groups excluding carboxylic acids is 4. The Bertz CT molecular complexity index is 1080. The molecule has 0 radical (unpaired) electrons. The minimum atomic E-state index is -0.900. The maximum atomic E-state index is 12.6. The summed E-state index contributed by atoms with van der Waals surface area (Å²) in [4.78, 5) is 62.5. The van der Waals surface area contributed by atoms with Gasteiger partial charge in [-0.05, 0) is 30.0 Å². The van der Waals surface area contributed by atoms with E-state index >= 15 is 0 Å². The van der Waals surface area contributed by atoms with Gasteiger partial charge in [-0.15, -0.1) is 0 Å². The Hall–Kier alpha value is -3.73. The fraction of sp³-hybridized carbons (Fsp3) is 0.158. The predicted molar refractivity (Wildman–Crippen MR) is 108 cm³/mol. The quantitative estimate of drug-likeness (QED) is 0.335. The maximum Gasteiger partial charge on any atom is 0.286 e. The highest BCUT2D eigenvalue weighted by Gasteiger charge is 2.41. The van der Waals surface area contributed by atoms with Gasteiger partial charge in [0, 0.05) is 25.1 Å². The van der Waals surface area contributed by atoms with Crippen molar-refractivity contribution in [1.82, 2.24) is 9.80 Å². The summed E-state index contributed by atoms with van der Waals surface area (Å²) in [7, 11) is 3.19. The molecule has 1 aliphatic heterocycles. The molecule has 0 saturated carbocycles. The molecule has 1 N–H and O–H groups in total. The average molecular weight is 428 g/mol. The van der Waals surface area contributed by atoms with E-state index in [4.69, 9.17) is 0 Å². The van der Waals surface area contributed by atoms with Crippen LogP contribution in [0.5, 0.6) is 0 Å². The highest BCUT2D eigenvalue weighted by molar-refractivity contribution is 8.13. The maximum absolute atomic E-state index is 12.6. The molecule has 2 aromatic rings. The van der Waals surface area contributed by atoms with E-state index in [1.807, 2.05) is 0 Å². The van der Waals surface area contributed by atoms with E-state index in [9.17, 15) is 29.3 Å². The molecule has 0 saturated heterocycles.